The van der Waals surface area contributed by atoms with Crippen molar-refractivity contribution in [2.75, 3.05) is 32.0 Å². The van der Waals surface area contributed by atoms with E-state index >= 15 is 0 Å². The lowest BCUT2D eigenvalue weighted by Gasteiger charge is -2.19. The molecule has 1 aromatic carbocycles. The van der Waals surface area contributed by atoms with Crippen LogP contribution in [0.15, 0.2) is 24.3 Å². The number of imidazole rings is 1. The van der Waals surface area contributed by atoms with E-state index in [1.807, 2.05) is 13.0 Å². The number of phenolic OH excluding ortho intramolecular Hbond substituents is 1. The number of rotatable bonds is 14. The lowest BCUT2D eigenvalue weighted by atomic mass is 9.94. The molecule has 0 spiro atoms. The van der Waals surface area contributed by atoms with Crippen LogP contribution in [-0.4, -0.2) is 95.1 Å². The molecule has 48 heavy (non-hydrogen) atoms. The Bertz CT molecular complexity index is 1830. The SMILES string of the molecule is COc1c(C)c2c(c(O)c1C/C=C(/C)CCCOP(=O)(O)CP(=O)(O)OC[C@H]1O[C@@H](n3cnc4c(N)ncnc43)C(O)[C@H]1O)C(=O)OC2. The number of allylic oxidation sites excluding steroid dienone is 2. The lowest BCUT2D eigenvalue weighted by Crippen LogP contribution is -2.33. The van der Waals surface area contributed by atoms with Gasteiger partial charge in [0.1, 0.15) is 53.8 Å². The number of carbonyl (C=O) groups excluding carboxylic acids is 1. The van der Waals surface area contributed by atoms with Gasteiger partial charge in [-0.1, -0.05) is 11.6 Å². The monoisotopic (exact) mass is 713 g/mol. The quantitative estimate of drug-likeness (QED) is 0.0604. The molecule has 5 rings (SSSR count). The first-order chi connectivity index (χ1) is 22.6. The molecule has 2 aliphatic heterocycles. The summed E-state index contributed by atoms with van der Waals surface area (Å²) in [7, 11) is -7.84. The first-order valence-electron chi connectivity index (χ1n) is 14.8. The van der Waals surface area contributed by atoms with Crippen molar-refractivity contribution < 1.29 is 62.3 Å². The van der Waals surface area contributed by atoms with Gasteiger partial charge in [0.05, 0.1) is 26.7 Å². The van der Waals surface area contributed by atoms with Gasteiger partial charge in [-0.15, -0.1) is 0 Å². The topological polar surface area (TPSA) is 268 Å². The molecule has 6 atom stereocenters. The van der Waals surface area contributed by atoms with E-state index in [4.69, 9.17) is 29.0 Å². The minimum absolute atomic E-state index is 0.0616. The molecule has 0 bridgehead atoms. The third-order valence-electron chi connectivity index (χ3n) is 8.11. The number of aromatic hydroxyl groups is 1. The van der Waals surface area contributed by atoms with Crippen molar-refractivity contribution in [2.24, 2.45) is 0 Å². The standard InChI is InChI=1S/C28H37N5O13P2/c1-14(6-7-16-21(34)19-17(9-43-28(19)37)15(2)24(16)42-3)5-4-8-44-47(38,39)13-48(40,41)45-10-18-22(35)23(36)27(46-18)33-12-32-20-25(29)30-11-31-26(20)33/h6,11-12,18,22-23,27,34-36H,4-5,7-10,13H2,1-3H3,(H,38,39)(H,40,41)(H2,29,30,31)/b14-6-/t18-,22+,23?,27-/m1/s1. The highest BCUT2D eigenvalue weighted by Gasteiger charge is 2.46. The number of fused-ring (bicyclic) bond motifs is 2. The third-order valence-corrected chi connectivity index (χ3v) is 12.1. The molecular weight excluding hydrogens is 676 g/mol. The molecule has 0 radical (unpaired) electrons. The maximum Gasteiger partial charge on any atom is 0.342 e. The first kappa shape index (κ1) is 35.9. The number of nitrogens with zero attached hydrogens (tertiary/aromatic N) is 4. The summed E-state index contributed by atoms with van der Waals surface area (Å²) < 4.78 is 52.8. The Morgan fingerprint density at radius 3 is 2.62 bits per heavy atom. The number of methoxy groups -OCH3 is 1. The van der Waals surface area contributed by atoms with Crippen LogP contribution in [0.4, 0.5) is 5.82 Å². The highest BCUT2D eigenvalue weighted by molar-refractivity contribution is 7.70. The van der Waals surface area contributed by atoms with E-state index in [-0.39, 0.29) is 54.4 Å². The molecule has 1 fully saturated rings. The van der Waals surface area contributed by atoms with Gasteiger partial charge < -0.3 is 54.1 Å². The predicted octanol–water partition coefficient (Wildman–Crippen LogP) is 2.05. The van der Waals surface area contributed by atoms with Gasteiger partial charge in [-0.2, -0.15) is 0 Å². The molecule has 1 saturated heterocycles. The van der Waals surface area contributed by atoms with Crippen LogP contribution in [0.5, 0.6) is 11.5 Å². The fraction of sp³-hybridized carbons (Fsp3) is 0.500. The number of hydrogen-bond acceptors (Lipinski definition) is 15. The second-order valence-corrected chi connectivity index (χ2v) is 15.6. The molecule has 7 N–H and O–H groups in total. The van der Waals surface area contributed by atoms with Gasteiger partial charge in [0.25, 0.3) is 0 Å². The number of anilines is 1. The van der Waals surface area contributed by atoms with E-state index < -0.39 is 58.2 Å². The van der Waals surface area contributed by atoms with Gasteiger partial charge in [-0.3, -0.25) is 13.7 Å². The van der Waals surface area contributed by atoms with Crippen LogP contribution in [0.2, 0.25) is 0 Å². The van der Waals surface area contributed by atoms with Crippen LogP contribution in [0, 0.1) is 6.92 Å². The number of carbonyl (C=O) groups is 1. The van der Waals surface area contributed by atoms with Gasteiger partial charge in [-0.25, -0.2) is 19.7 Å². The van der Waals surface area contributed by atoms with Crippen LogP contribution in [-0.2, 0) is 40.7 Å². The Labute approximate surface area is 274 Å². The van der Waals surface area contributed by atoms with Crippen LogP contribution in [0.1, 0.15) is 53.0 Å². The summed E-state index contributed by atoms with van der Waals surface area (Å²) in [6, 6.07) is 0. The molecule has 4 heterocycles. The second-order valence-electron chi connectivity index (χ2n) is 11.4. The predicted molar refractivity (Wildman–Crippen MR) is 167 cm³/mol. The van der Waals surface area contributed by atoms with Crippen molar-refractivity contribution in [1.29, 1.82) is 0 Å². The van der Waals surface area contributed by atoms with Crippen LogP contribution in [0.25, 0.3) is 11.2 Å². The maximum absolute atomic E-state index is 12.7. The molecule has 3 aromatic rings. The Hall–Kier alpha value is -3.44. The molecule has 262 valence electrons. The van der Waals surface area contributed by atoms with E-state index in [9.17, 15) is 39.0 Å². The summed E-state index contributed by atoms with van der Waals surface area (Å²) in [4.78, 5) is 44.6. The number of ether oxygens (including phenoxy) is 3. The average Bonchev–Trinajstić information content (AvgIpc) is 3.71. The number of esters is 1. The molecule has 18 nitrogen and oxygen atoms in total. The summed E-state index contributed by atoms with van der Waals surface area (Å²) in [5.74, 6) is -1.47. The first-order valence-corrected chi connectivity index (χ1v) is 18.3. The largest absolute Gasteiger partial charge is 0.507 e. The number of aliphatic hydroxyl groups excluding tert-OH is 2. The van der Waals surface area contributed by atoms with Crippen LogP contribution >= 0.6 is 15.2 Å². The van der Waals surface area contributed by atoms with E-state index in [1.165, 1.54) is 24.3 Å². The number of aliphatic hydroxyl groups is 2. The van der Waals surface area contributed by atoms with Crippen molar-refractivity contribution in [3.8, 4) is 11.5 Å². The Morgan fingerprint density at radius 1 is 1.17 bits per heavy atom. The fourth-order valence-corrected chi connectivity index (χ4v) is 8.87. The van der Waals surface area contributed by atoms with Crippen molar-refractivity contribution >= 4 is 38.1 Å². The smallest absolute Gasteiger partial charge is 0.342 e. The number of nitrogen functional groups attached to an aromatic ring is 1. The van der Waals surface area contributed by atoms with Gasteiger partial charge in [-0.05, 0) is 38.7 Å². The third kappa shape index (κ3) is 7.42. The molecule has 20 heteroatoms. The zero-order valence-electron chi connectivity index (χ0n) is 26.3. The maximum atomic E-state index is 12.7. The lowest BCUT2D eigenvalue weighted by molar-refractivity contribution is -0.0483. The normalized spacial score (nSPS) is 23.6. The Balaban J connectivity index is 1.10. The number of nitrogens with two attached hydrogens (primary N) is 1. The zero-order valence-corrected chi connectivity index (χ0v) is 28.0. The van der Waals surface area contributed by atoms with Gasteiger partial charge in [0.15, 0.2) is 23.6 Å². The number of cyclic esters (lactones) is 1. The van der Waals surface area contributed by atoms with Gasteiger partial charge in [0, 0.05) is 11.1 Å². The van der Waals surface area contributed by atoms with Crippen molar-refractivity contribution in [1.82, 2.24) is 19.5 Å². The molecule has 2 aromatic heterocycles. The van der Waals surface area contributed by atoms with Crippen molar-refractivity contribution in [3.05, 3.63) is 46.6 Å². The number of benzene rings is 1. The number of hydrogen-bond donors (Lipinski definition) is 6. The highest BCUT2D eigenvalue weighted by atomic mass is 31.2. The van der Waals surface area contributed by atoms with E-state index in [0.29, 0.717) is 28.9 Å². The molecule has 0 amide bonds. The van der Waals surface area contributed by atoms with E-state index in [1.54, 1.807) is 6.92 Å². The molecule has 0 aliphatic carbocycles. The highest BCUT2D eigenvalue weighted by Crippen LogP contribution is 2.58. The van der Waals surface area contributed by atoms with E-state index in [2.05, 4.69) is 15.0 Å². The van der Waals surface area contributed by atoms with E-state index in [0.717, 1.165) is 5.57 Å². The molecule has 0 saturated carbocycles. The summed E-state index contributed by atoms with van der Waals surface area (Å²) in [5, 5.41) is 31.8. The summed E-state index contributed by atoms with van der Waals surface area (Å²) >= 11 is 0. The second kappa shape index (κ2) is 14.2. The number of phenols is 1. The minimum atomic E-state index is -4.72. The van der Waals surface area contributed by atoms with Crippen LogP contribution < -0.4 is 10.5 Å². The van der Waals surface area contributed by atoms with Crippen molar-refractivity contribution in [3.63, 3.8) is 0 Å². The van der Waals surface area contributed by atoms with Gasteiger partial charge in [0.2, 0.25) is 0 Å². The minimum Gasteiger partial charge on any atom is -0.507 e. The van der Waals surface area contributed by atoms with Crippen LogP contribution in [0.3, 0.4) is 0 Å². The molecule has 2 aliphatic rings. The number of aromatic nitrogens is 4. The molecule has 3 unspecified atom stereocenters. The Kier molecular flexibility index (Phi) is 10.6. The van der Waals surface area contributed by atoms with Gasteiger partial charge >= 0.3 is 21.2 Å². The fourth-order valence-electron chi connectivity index (χ4n) is 5.61. The zero-order chi connectivity index (χ0) is 35.0. The summed E-state index contributed by atoms with van der Waals surface area (Å²) in [5.41, 5.74) is 8.94. The molecular formula is C28H37N5O13P2. The Morgan fingerprint density at radius 2 is 1.90 bits per heavy atom. The summed E-state index contributed by atoms with van der Waals surface area (Å²) in [6.45, 7) is 2.74. The van der Waals surface area contributed by atoms with Crippen molar-refractivity contribution in [2.45, 2.75) is 64.3 Å². The average molecular weight is 714 g/mol. The summed E-state index contributed by atoms with van der Waals surface area (Å²) in [6.07, 6.45) is -0.298.